The predicted molar refractivity (Wildman–Crippen MR) is 93.8 cm³/mol. The highest BCUT2D eigenvalue weighted by Gasteiger charge is 2.22. The molecular weight excluding hydrogens is 324 g/mol. The molecule has 0 saturated heterocycles. The minimum atomic E-state index is -0.513. The summed E-state index contributed by atoms with van der Waals surface area (Å²) in [6, 6.07) is 7.70. The predicted octanol–water partition coefficient (Wildman–Crippen LogP) is 2.71. The molecule has 2 amide bonds. The number of nitrogens with two attached hydrogens (primary N) is 1. The number of nitrogens with one attached hydrogen (secondary N) is 1. The normalized spacial score (nSPS) is 16.3. The van der Waals surface area contributed by atoms with E-state index in [1.807, 2.05) is 6.07 Å². The number of hydrogen-bond donors (Lipinski definition) is 2. The Balaban J connectivity index is 1.67. The van der Waals surface area contributed by atoms with Gasteiger partial charge in [0.15, 0.2) is 0 Å². The lowest BCUT2D eigenvalue weighted by atomic mass is 9.82. The number of rotatable bonds is 5. The maximum Gasteiger partial charge on any atom is 0.261 e. The maximum atomic E-state index is 12.3. The van der Waals surface area contributed by atoms with Gasteiger partial charge in [0.1, 0.15) is 5.75 Å². The number of methoxy groups -OCH3 is 1. The Morgan fingerprint density at radius 1 is 1.38 bits per heavy atom. The Bertz CT molecular complexity index is 769. The van der Waals surface area contributed by atoms with Crippen LogP contribution in [0.3, 0.4) is 0 Å². The Kier molecular flexibility index (Phi) is 4.85. The number of benzene rings is 1. The zero-order chi connectivity index (χ0) is 17.1. The topological polar surface area (TPSA) is 81.4 Å². The van der Waals surface area contributed by atoms with Crippen LogP contribution in [-0.2, 0) is 6.42 Å². The van der Waals surface area contributed by atoms with Gasteiger partial charge in [0.05, 0.1) is 17.6 Å². The van der Waals surface area contributed by atoms with E-state index in [0.29, 0.717) is 22.9 Å². The fourth-order valence-electron chi connectivity index (χ4n) is 3.12. The molecule has 1 heterocycles. The fraction of sp³-hybridized carbons (Fsp3) is 0.333. The minimum Gasteiger partial charge on any atom is -0.497 e. The number of carbonyl (C=O) groups is 2. The van der Waals surface area contributed by atoms with Crippen molar-refractivity contribution in [3.8, 4) is 5.75 Å². The quantitative estimate of drug-likeness (QED) is 0.875. The second-order valence-corrected chi connectivity index (χ2v) is 6.84. The van der Waals surface area contributed by atoms with Crippen molar-refractivity contribution < 1.29 is 14.3 Å². The smallest absolute Gasteiger partial charge is 0.261 e. The number of ether oxygens (including phenoxy) is 1. The molecule has 1 aromatic heterocycles. The van der Waals surface area contributed by atoms with Crippen molar-refractivity contribution in [2.24, 2.45) is 5.73 Å². The summed E-state index contributed by atoms with van der Waals surface area (Å²) in [4.78, 5) is 23.9. The van der Waals surface area contributed by atoms with Gasteiger partial charge in [0.2, 0.25) is 5.91 Å². The van der Waals surface area contributed by atoms with Gasteiger partial charge in [-0.05, 0) is 48.6 Å². The van der Waals surface area contributed by atoms with E-state index in [4.69, 9.17) is 10.5 Å². The molecule has 1 aliphatic carbocycles. The molecule has 2 aromatic rings. The number of aryl methyl sites for hydroxylation is 1. The van der Waals surface area contributed by atoms with Crippen molar-refractivity contribution in [2.75, 3.05) is 13.7 Å². The second kappa shape index (κ2) is 7.05. The zero-order valence-electron chi connectivity index (χ0n) is 13.5. The summed E-state index contributed by atoms with van der Waals surface area (Å²) in [6.45, 7) is 0.585. The Morgan fingerprint density at radius 2 is 2.21 bits per heavy atom. The Hall–Kier alpha value is -2.34. The largest absolute Gasteiger partial charge is 0.497 e. The van der Waals surface area contributed by atoms with Crippen LogP contribution in [0.1, 0.15) is 49.9 Å². The first-order valence-electron chi connectivity index (χ1n) is 7.92. The van der Waals surface area contributed by atoms with Crippen molar-refractivity contribution >= 4 is 23.2 Å². The molecule has 6 heteroatoms. The monoisotopic (exact) mass is 344 g/mol. The molecule has 1 atom stereocenters. The summed E-state index contributed by atoms with van der Waals surface area (Å²) in [5.74, 6) is 0.503. The van der Waals surface area contributed by atoms with Crippen LogP contribution < -0.4 is 15.8 Å². The third-order valence-corrected chi connectivity index (χ3v) is 5.33. The number of hydrogen-bond acceptors (Lipinski definition) is 4. The first kappa shape index (κ1) is 16.5. The lowest BCUT2D eigenvalue weighted by Gasteiger charge is -2.26. The molecule has 0 radical (unpaired) electrons. The number of primary amides is 1. The highest BCUT2D eigenvalue weighted by atomic mass is 32.1. The molecule has 3 rings (SSSR count). The standard InChI is InChI=1S/C18H20N2O3S/c1-23-14-5-6-15-11(7-14)3-2-4-12(15)9-20-18(22)16-8-13(10-24-16)17(19)21/h5-8,10,12H,2-4,9H2,1H3,(H2,19,21)(H,20,22)/t12-/m0/s1. The van der Waals surface area contributed by atoms with Crippen LogP contribution in [0, 0.1) is 0 Å². The van der Waals surface area contributed by atoms with Crippen molar-refractivity contribution in [2.45, 2.75) is 25.2 Å². The summed E-state index contributed by atoms with van der Waals surface area (Å²) in [7, 11) is 1.67. The van der Waals surface area contributed by atoms with E-state index in [9.17, 15) is 9.59 Å². The van der Waals surface area contributed by atoms with Gasteiger partial charge in [-0.15, -0.1) is 11.3 Å². The summed E-state index contributed by atoms with van der Waals surface area (Å²) in [5, 5.41) is 4.59. The molecule has 0 unspecified atom stereocenters. The Labute approximate surface area is 144 Å². The van der Waals surface area contributed by atoms with E-state index in [2.05, 4.69) is 17.4 Å². The highest BCUT2D eigenvalue weighted by Crippen LogP contribution is 2.33. The third-order valence-electron chi connectivity index (χ3n) is 4.41. The summed E-state index contributed by atoms with van der Waals surface area (Å²) in [6.07, 6.45) is 3.20. The van der Waals surface area contributed by atoms with Crippen LogP contribution in [0.25, 0.3) is 0 Å². The average molecular weight is 344 g/mol. The molecule has 24 heavy (non-hydrogen) atoms. The maximum absolute atomic E-state index is 12.3. The van der Waals surface area contributed by atoms with Gasteiger partial charge in [0, 0.05) is 17.8 Å². The zero-order valence-corrected chi connectivity index (χ0v) is 14.3. The van der Waals surface area contributed by atoms with E-state index in [1.165, 1.54) is 22.5 Å². The highest BCUT2D eigenvalue weighted by molar-refractivity contribution is 7.12. The lowest BCUT2D eigenvalue weighted by molar-refractivity contribution is 0.0954. The van der Waals surface area contributed by atoms with Gasteiger partial charge in [0.25, 0.3) is 5.91 Å². The van der Waals surface area contributed by atoms with Crippen LogP contribution in [-0.4, -0.2) is 25.5 Å². The molecule has 0 saturated carbocycles. The summed E-state index contributed by atoms with van der Waals surface area (Å²) < 4.78 is 5.29. The van der Waals surface area contributed by atoms with E-state index >= 15 is 0 Å². The van der Waals surface area contributed by atoms with Gasteiger partial charge in [-0.3, -0.25) is 9.59 Å². The Morgan fingerprint density at radius 3 is 2.92 bits per heavy atom. The van der Waals surface area contributed by atoms with E-state index < -0.39 is 5.91 Å². The fourth-order valence-corrected chi connectivity index (χ4v) is 3.93. The molecule has 3 N–H and O–H groups in total. The number of carbonyl (C=O) groups excluding carboxylic acids is 2. The molecule has 1 aliphatic rings. The van der Waals surface area contributed by atoms with Gasteiger partial charge in [-0.1, -0.05) is 6.07 Å². The number of fused-ring (bicyclic) bond motifs is 1. The van der Waals surface area contributed by atoms with Crippen LogP contribution in [0.15, 0.2) is 29.6 Å². The number of amides is 2. The van der Waals surface area contributed by atoms with Crippen molar-refractivity contribution in [1.82, 2.24) is 5.32 Å². The molecular formula is C18H20N2O3S. The van der Waals surface area contributed by atoms with Crippen LogP contribution in [0.4, 0.5) is 0 Å². The average Bonchev–Trinajstić information content (AvgIpc) is 3.09. The molecule has 0 fully saturated rings. The molecule has 0 spiro atoms. The van der Waals surface area contributed by atoms with E-state index in [1.54, 1.807) is 18.6 Å². The SMILES string of the molecule is COc1ccc2c(c1)CCC[C@H]2CNC(=O)c1cc(C(N)=O)cs1. The van der Waals surface area contributed by atoms with Gasteiger partial charge in [-0.2, -0.15) is 0 Å². The molecule has 5 nitrogen and oxygen atoms in total. The van der Waals surface area contributed by atoms with Gasteiger partial charge >= 0.3 is 0 Å². The van der Waals surface area contributed by atoms with Gasteiger partial charge in [-0.25, -0.2) is 0 Å². The third kappa shape index (κ3) is 3.43. The van der Waals surface area contributed by atoms with E-state index in [-0.39, 0.29) is 5.91 Å². The molecule has 0 bridgehead atoms. The van der Waals surface area contributed by atoms with E-state index in [0.717, 1.165) is 25.0 Å². The van der Waals surface area contributed by atoms with Crippen LogP contribution in [0.5, 0.6) is 5.75 Å². The minimum absolute atomic E-state index is 0.159. The van der Waals surface area contributed by atoms with Crippen molar-refractivity contribution in [1.29, 1.82) is 0 Å². The second-order valence-electron chi connectivity index (χ2n) is 5.93. The summed E-state index contributed by atoms with van der Waals surface area (Å²) >= 11 is 1.23. The van der Waals surface area contributed by atoms with Crippen LogP contribution >= 0.6 is 11.3 Å². The van der Waals surface area contributed by atoms with Gasteiger partial charge < -0.3 is 15.8 Å². The molecule has 126 valence electrons. The first-order chi connectivity index (χ1) is 11.6. The lowest BCUT2D eigenvalue weighted by Crippen LogP contribution is -2.29. The molecule has 1 aromatic carbocycles. The van der Waals surface area contributed by atoms with Crippen molar-refractivity contribution in [3.05, 3.63) is 51.2 Å². The van der Waals surface area contributed by atoms with Crippen molar-refractivity contribution in [3.63, 3.8) is 0 Å². The first-order valence-corrected chi connectivity index (χ1v) is 8.80. The van der Waals surface area contributed by atoms with Crippen LogP contribution in [0.2, 0.25) is 0 Å². The summed E-state index contributed by atoms with van der Waals surface area (Å²) in [5.41, 5.74) is 8.18. The molecule has 0 aliphatic heterocycles. The number of thiophene rings is 1.